The molecule has 10 heteroatoms. The average Bonchev–Trinajstić information content (AvgIpc) is 3.17. The molecule has 0 radical (unpaired) electrons. The minimum absolute atomic E-state index is 0.124. The van der Waals surface area contributed by atoms with Gasteiger partial charge in [0.2, 0.25) is 5.75 Å². The maximum atomic E-state index is 13.1. The molecule has 0 aliphatic heterocycles. The molecule has 0 spiro atoms. The van der Waals surface area contributed by atoms with Gasteiger partial charge in [0.25, 0.3) is 0 Å². The van der Waals surface area contributed by atoms with Crippen LogP contribution in [0.25, 0.3) is 6.08 Å². The highest BCUT2D eigenvalue weighted by atomic mass is 32.1. The summed E-state index contributed by atoms with van der Waals surface area (Å²) in [5.41, 5.74) is 0.761. The lowest BCUT2D eigenvalue weighted by atomic mass is 10.0. The summed E-state index contributed by atoms with van der Waals surface area (Å²) in [6.45, 7) is 5.21. The Morgan fingerprint density at radius 3 is 2.14 bits per heavy atom. The van der Waals surface area contributed by atoms with Gasteiger partial charge in [0.15, 0.2) is 17.3 Å². The molecule has 0 aliphatic rings. The van der Waals surface area contributed by atoms with E-state index in [4.69, 9.17) is 23.7 Å². The molecule has 0 unspecified atom stereocenters. The van der Waals surface area contributed by atoms with Gasteiger partial charge >= 0.3 is 11.9 Å². The van der Waals surface area contributed by atoms with Crippen molar-refractivity contribution in [3.05, 3.63) is 44.2 Å². The number of Topliss-reactive ketones (excluding diaryl/α,β-unsaturated/α-hetero) is 1. The van der Waals surface area contributed by atoms with Gasteiger partial charge in [-0.1, -0.05) is 0 Å². The Kier molecular flexibility index (Phi) is 9.85. The number of hydrogen-bond donors (Lipinski definition) is 0. The van der Waals surface area contributed by atoms with Gasteiger partial charge in [-0.15, -0.1) is 11.3 Å². The zero-order chi connectivity index (χ0) is 26.1. The van der Waals surface area contributed by atoms with Crippen LogP contribution in [-0.2, 0) is 20.7 Å². The number of nitrogens with zero attached hydrogens (tertiary/aromatic N) is 1. The van der Waals surface area contributed by atoms with Crippen LogP contribution in [0.15, 0.2) is 17.7 Å². The summed E-state index contributed by atoms with van der Waals surface area (Å²) in [6.07, 6.45) is 1.09. The SMILES string of the molecule is CCOC(=O)c1sc(CC(=O)/C(C#N)=C/c2ccc(OC)c(OC)c2OC)c(C(=O)OCC)c1C. The van der Waals surface area contributed by atoms with Crippen molar-refractivity contribution in [2.75, 3.05) is 34.5 Å². The minimum Gasteiger partial charge on any atom is -0.493 e. The largest absolute Gasteiger partial charge is 0.493 e. The van der Waals surface area contributed by atoms with E-state index >= 15 is 0 Å². The molecule has 0 bridgehead atoms. The molecule has 0 saturated heterocycles. The van der Waals surface area contributed by atoms with Crippen LogP contribution >= 0.6 is 11.3 Å². The van der Waals surface area contributed by atoms with E-state index in [0.717, 1.165) is 11.3 Å². The maximum absolute atomic E-state index is 13.1. The first kappa shape index (κ1) is 27.4. The van der Waals surface area contributed by atoms with Gasteiger partial charge in [0.05, 0.1) is 45.7 Å². The third kappa shape index (κ3) is 6.00. The molecule has 2 aromatic rings. The standard InChI is InChI=1S/C25H27NO8S/c1-7-33-24(28)20-14(3)23(25(29)34-8-2)35-19(20)12-17(27)16(13-26)11-15-9-10-18(30-4)22(32-6)21(15)31-5/h9-11H,7-8,12H2,1-6H3/b16-11+. The lowest BCUT2D eigenvalue weighted by Crippen LogP contribution is -2.12. The normalized spacial score (nSPS) is 10.8. The van der Waals surface area contributed by atoms with Gasteiger partial charge in [-0.3, -0.25) is 4.79 Å². The lowest BCUT2D eigenvalue weighted by molar-refractivity contribution is -0.114. The number of nitriles is 1. The molecule has 186 valence electrons. The molecule has 0 amide bonds. The molecular formula is C25H27NO8S. The summed E-state index contributed by atoms with van der Waals surface area (Å²) in [6, 6.07) is 5.16. The second kappa shape index (κ2) is 12.6. The van der Waals surface area contributed by atoms with Crippen molar-refractivity contribution in [2.24, 2.45) is 0 Å². The monoisotopic (exact) mass is 501 g/mol. The lowest BCUT2D eigenvalue weighted by Gasteiger charge is -2.14. The Balaban J connectivity index is 2.52. The highest BCUT2D eigenvalue weighted by molar-refractivity contribution is 7.14. The van der Waals surface area contributed by atoms with Gasteiger partial charge in [0, 0.05) is 16.9 Å². The van der Waals surface area contributed by atoms with Crippen LogP contribution in [-0.4, -0.2) is 52.3 Å². The number of hydrogen-bond acceptors (Lipinski definition) is 10. The van der Waals surface area contributed by atoms with Crippen LogP contribution in [0.3, 0.4) is 0 Å². The second-order valence-corrected chi connectivity index (χ2v) is 8.09. The summed E-state index contributed by atoms with van der Waals surface area (Å²) in [7, 11) is 4.35. The van der Waals surface area contributed by atoms with E-state index in [0.29, 0.717) is 27.5 Å². The van der Waals surface area contributed by atoms with Crippen LogP contribution < -0.4 is 14.2 Å². The average molecular weight is 502 g/mol. The summed E-state index contributed by atoms with van der Waals surface area (Å²) < 4.78 is 26.2. The first-order valence-electron chi connectivity index (χ1n) is 10.7. The van der Waals surface area contributed by atoms with Gasteiger partial charge in [-0.05, 0) is 44.5 Å². The quantitative estimate of drug-likeness (QED) is 0.254. The molecule has 0 saturated carbocycles. The highest BCUT2D eigenvalue weighted by Crippen LogP contribution is 2.40. The van der Waals surface area contributed by atoms with E-state index in [1.807, 2.05) is 6.07 Å². The number of carbonyl (C=O) groups is 3. The third-order valence-corrected chi connectivity index (χ3v) is 6.21. The third-order valence-electron chi connectivity index (χ3n) is 4.94. The van der Waals surface area contributed by atoms with Crippen LogP contribution in [0.2, 0.25) is 0 Å². The molecule has 2 rings (SSSR count). The zero-order valence-corrected chi connectivity index (χ0v) is 21.3. The number of methoxy groups -OCH3 is 3. The summed E-state index contributed by atoms with van der Waals surface area (Å²) in [4.78, 5) is 38.6. The Morgan fingerprint density at radius 1 is 0.971 bits per heavy atom. The van der Waals surface area contributed by atoms with Crippen LogP contribution in [0.4, 0.5) is 0 Å². The maximum Gasteiger partial charge on any atom is 0.348 e. The number of benzene rings is 1. The Bertz CT molecular complexity index is 1190. The van der Waals surface area contributed by atoms with Gasteiger partial charge in [0.1, 0.15) is 10.9 Å². The van der Waals surface area contributed by atoms with Crippen molar-refractivity contribution in [3.63, 3.8) is 0 Å². The fraction of sp³-hybridized carbons (Fsp3) is 0.360. The van der Waals surface area contributed by atoms with E-state index < -0.39 is 17.7 Å². The summed E-state index contributed by atoms with van der Waals surface area (Å²) in [5.74, 6) is -0.770. The molecule has 0 atom stereocenters. The van der Waals surface area contributed by atoms with E-state index in [1.165, 1.54) is 27.4 Å². The van der Waals surface area contributed by atoms with Crippen LogP contribution in [0, 0.1) is 18.3 Å². The molecule has 1 heterocycles. The van der Waals surface area contributed by atoms with E-state index in [1.54, 1.807) is 32.9 Å². The van der Waals surface area contributed by atoms with Gasteiger partial charge in [-0.2, -0.15) is 5.26 Å². The van der Waals surface area contributed by atoms with E-state index in [2.05, 4.69) is 0 Å². The highest BCUT2D eigenvalue weighted by Gasteiger charge is 2.28. The van der Waals surface area contributed by atoms with Gasteiger partial charge < -0.3 is 23.7 Å². The first-order chi connectivity index (χ1) is 16.8. The topological polar surface area (TPSA) is 121 Å². The zero-order valence-electron chi connectivity index (χ0n) is 20.5. The van der Waals surface area contributed by atoms with E-state index in [-0.39, 0.29) is 41.4 Å². The molecule has 0 fully saturated rings. The fourth-order valence-corrected chi connectivity index (χ4v) is 4.55. The molecule has 1 aromatic carbocycles. The predicted molar refractivity (Wildman–Crippen MR) is 129 cm³/mol. The molecule has 1 aromatic heterocycles. The molecule has 35 heavy (non-hydrogen) atoms. The number of ketones is 1. The number of rotatable bonds is 11. The molecular weight excluding hydrogens is 474 g/mol. The number of allylic oxidation sites excluding steroid dienone is 1. The van der Waals surface area contributed by atoms with Crippen LogP contribution in [0.1, 0.15) is 49.9 Å². The number of carbonyl (C=O) groups excluding carboxylic acids is 3. The summed E-state index contributed by atoms with van der Waals surface area (Å²) in [5, 5.41) is 9.71. The summed E-state index contributed by atoms with van der Waals surface area (Å²) >= 11 is 0.975. The number of ether oxygens (including phenoxy) is 5. The van der Waals surface area contributed by atoms with Crippen molar-refractivity contribution >= 4 is 35.1 Å². The second-order valence-electron chi connectivity index (χ2n) is 6.99. The molecule has 0 aliphatic carbocycles. The first-order valence-corrected chi connectivity index (χ1v) is 11.5. The van der Waals surface area contributed by atoms with Gasteiger partial charge in [-0.25, -0.2) is 9.59 Å². The van der Waals surface area contributed by atoms with Crippen molar-refractivity contribution in [1.29, 1.82) is 5.26 Å². The van der Waals surface area contributed by atoms with Crippen LogP contribution in [0.5, 0.6) is 17.2 Å². The van der Waals surface area contributed by atoms with E-state index in [9.17, 15) is 19.6 Å². The Hall–Kier alpha value is -3.84. The van der Waals surface area contributed by atoms with Crippen molar-refractivity contribution < 1.29 is 38.1 Å². The number of thiophene rings is 1. The van der Waals surface area contributed by atoms with Crippen molar-refractivity contribution in [3.8, 4) is 23.3 Å². The molecule has 9 nitrogen and oxygen atoms in total. The minimum atomic E-state index is -0.649. The Labute approximate surface area is 207 Å². The number of esters is 2. The fourth-order valence-electron chi connectivity index (χ4n) is 3.37. The predicted octanol–water partition coefficient (Wildman–Crippen LogP) is 4.15. The van der Waals surface area contributed by atoms with Crippen molar-refractivity contribution in [1.82, 2.24) is 0 Å². The molecule has 0 N–H and O–H groups in total. The smallest absolute Gasteiger partial charge is 0.348 e. The van der Waals surface area contributed by atoms with Crippen molar-refractivity contribution in [2.45, 2.75) is 27.2 Å². The Morgan fingerprint density at radius 2 is 1.60 bits per heavy atom.